The van der Waals surface area contributed by atoms with Crippen LogP contribution in [0.25, 0.3) is 10.9 Å². The SMILES string of the molecule is CCCOc1ccc(C2CN3C(=O)CN(C4CCCC4)C(=O)C3(C)c3[nH]c4ccccc4c32)cc1OC. The Morgan fingerprint density at radius 1 is 1.08 bits per heavy atom. The van der Waals surface area contributed by atoms with Gasteiger partial charge in [0.05, 0.1) is 19.4 Å². The van der Waals surface area contributed by atoms with Gasteiger partial charge in [0.2, 0.25) is 5.91 Å². The van der Waals surface area contributed by atoms with Gasteiger partial charge in [-0.2, -0.15) is 0 Å². The molecule has 1 N–H and O–H groups in total. The number of para-hydroxylation sites is 1. The number of amides is 2. The van der Waals surface area contributed by atoms with Gasteiger partial charge in [-0.1, -0.05) is 44.0 Å². The minimum absolute atomic E-state index is 0.0122. The predicted octanol–water partition coefficient (Wildman–Crippen LogP) is 4.94. The number of nitrogens with zero attached hydrogens (tertiary/aromatic N) is 2. The van der Waals surface area contributed by atoms with E-state index in [0.29, 0.717) is 24.7 Å². The van der Waals surface area contributed by atoms with Crippen molar-refractivity contribution in [1.82, 2.24) is 14.8 Å². The molecule has 2 atom stereocenters. The van der Waals surface area contributed by atoms with Gasteiger partial charge in [-0.25, -0.2) is 0 Å². The van der Waals surface area contributed by atoms with Crippen molar-refractivity contribution < 1.29 is 19.1 Å². The van der Waals surface area contributed by atoms with Crippen LogP contribution < -0.4 is 9.47 Å². The van der Waals surface area contributed by atoms with Gasteiger partial charge in [-0.3, -0.25) is 9.59 Å². The highest BCUT2D eigenvalue weighted by Crippen LogP contribution is 2.49. The molecule has 3 heterocycles. The maximum Gasteiger partial charge on any atom is 0.255 e. The first-order valence-corrected chi connectivity index (χ1v) is 13.5. The summed E-state index contributed by atoms with van der Waals surface area (Å²) in [4.78, 5) is 35.2. The Morgan fingerprint density at radius 2 is 1.86 bits per heavy atom. The highest BCUT2D eigenvalue weighted by molar-refractivity contribution is 6.01. The number of H-pyrrole nitrogens is 1. The average molecular weight is 502 g/mol. The van der Waals surface area contributed by atoms with Gasteiger partial charge < -0.3 is 24.3 Å². The van der Waals surface area contributed by atoms with Crippen LogP contribution in [0.1, 0.15) is 68.7 Å². The molecule has 0 radical (unpaired) electrons. The number of piperazine rings is 1. The van der Waals surface area contributed by atoms with Crippen molar-refractivity contribution in [2.75, 3.05) is 26.8 Å². The smallest absolute Gasteiger partial charge is 0.255 e. The lowest BCUT2D eigenvalue weighted by Crippen LogP contribution is -2.68. The number of fused-ring (bicyclic) bond motifs is 5. The number of nitrogens with one attached hydrogen (secondary N) is 1. The van der Waals surface area contributed by atoms with E-state index in [1.807, 2.05) is 47.1 Å². The predicted molar refractivity (Wildman–Crippen MR) is 142 cm³/mol. The summed E-state index contributed by atoms with van der Waals surface area (Å²) >= 11 is 0. The lowest BCUT2D eigenvalue weighted by Gasteiger charge is -2.52. The Hall–Kier alpha value is -3.48. The first-order chi connectivity index (χ1) is 18.0. The second-order valence-electron chi connectivity index (χ2n) is 10.7. The molecule has 1 saturated carbocycles. The number of carbonyl (C=O) groups is 2. The fourth-order valence-corrected chi connectivity index (χ4v) is 6.67. The molecule has 2 unspecified atom stereocenters. The standard InChI is InChI=1S/C30H35N3O4/c1-4-15-37-24-14-13-19(16-25(24)36-3)22-17-33-26(34)18-32(20-9-5-6-10-20)29(35)30(33,2)28-27(22)21-11-7-8-12-23(21)31-28/h7-8,11-14,16,20,22,31H,4-6,9-10,15,17-18H2,1-3H3. The van der Waals surface area contributed by atoms with Crippen LogP contribution in [0.4, 0.5) is 0 Å². The van der Waals surface area contributed by atoms with Crippen molar-refractivity contribution in [1.29, 1.82) is 0 Å². The van der Waals surface area contributed by atoms with E-state index in [9.17, 15) is 9.59 Å². The zero-order valence-corrected chi connectivity index (χ0v) is 21.9. The molecule has 7 nitrogen and oxygen atoms in total. The van der Waals surface area contributed by atoms with E-state index in [0.717, 1.165) is 59.8 Å². The van der Waals surface area contributed by atoms with Crippen LogP contribution in [0.5, 0.6) is 11.5 Å². The molecular weight excluding hydrogens is 466 g/mol. The maximum atomic E-state index is 14.2. The third-order valence-corrected chi connectivity index (χ3v) is 8.59. The molecule has 2 fully saturated rings. The number of carbonyl (C=O) groups excluding carboxylic acids is 2. The molecule has 2 aliphatic heterocycles. The molecule has 0 bridgehead atoms. The number of hydrogen-bond donors (Lipinski definition) is 1. The van der Waals surface area contributed by atoms with Gasteiger partial charge in [-0.15, -0.1) is 0 Å². The summed E-state index contributed by atoms with van der Waals surface area (Å²) in [6, 6.07) is 14.4. The number of aromatic nitrogens is 1. The van der Waals surface area contributed by atoms with Crippen molar-refractivity contribution in [2.24, 2.45) is 0 Å². The van der Waals surface area contributed by atoms with E-state index in [1.165, 1.54) is 0 Å². The Kier molecular flexibility index (Phi) is 5.89. The van der Waals surface area contributed by atoms with Crippen LogP contribution in [0.3, 0.4) is 0 Å². The summed E-state index contributed by atoms with van der Waals surface area (Å²) in [6.45, 7) is 5.22. The highest BCUT2D eigenvalue weighted by Gasteiger charge is 2.57. The Labute approximate surface area is 217 Å². The Bertz CT molecular complexity index is 1360. The van der Waals surface area contributed by atoms with E-state index in [-0.39, 0.29) is 30.3 Å². The van der Waals surface area contributed by atoms with Gasteiger partial charge in [0.25, 0.3) is 5.91 Å². The van der Waals surface area contributed by atoms with Crippen molar-refractivity contribution >= 4 is 22.7 Å². The monoisotopic (exact) mass is 501 g/mol. The molecule has 194 valence electrons. The molecule has 0 spiro atoms. The van der Waals surface area contributed by atoms with Gasteiger partial charge >= 0.3 is 0 Å². The molecular formula is C30H35N3O4. The molecule has 1 aromatic heterocycles. The lowest BCUT2D eigenvalue weighted by molar-refractivity contribution is -0.168. The van der Waals surface area contributed by atoms with E-state index < -0.39 is 5.54 Å². The number of rotatable bonds is 6. The van der Waals surface area contributed by atoms with E-state index in [2.05, 4.69) is 24.0 Å². The van der Waals surface area contributed by atoms with Crippen molar-refractivity contribution in [2.45, 2.75) is 63.5 Å². The summed E-state index contributed by atoms with van der Waals surface area (Å²) in [5, 5.41) is 1.09. The average Bonchev–Trinajstić information content (AvgIpc) is 3.59. The molecule has 3 aliphatic rings. The summed E-state index contributed by atoms with van der Waals surface area (Å²) in [7, 11) is 1.65. The fraction of sp³-hybridized carbons (Fsp3) is 0.467. The minimum atomic E-state index is -1.06. The quantitative estimate of drug-likeness (QED) is 0.519. The van der Waals surface area contributed by atoms with E-state index >= 15 is 0 Å². The molecule has 6 rings (SSSR count). The van der Waals surface area contributed by atoms with Crippen LogP contribution in [0.15, 0.2) is 42.5 Å². The number of benzene rings is 2. The topological polar surface area (TPSA) is 74.9 Å². The van der Waals surface area contributed by atoms with Crippen molar-refractivity contribution in [3.05, 3.63) is 59.3 Å². The van der Waals surface area contributed by atoms with E-state index in [4.69, 9.17) is 9.47 Å². The second-order valence-corrected chi connectivity index (χ2v) is 10.7. The van der Waals surface area contributed by atoms with Crippen molar-refractivity contribution in [3.63, 3.8) is 0 Å². The van der Waals surface area contributed by atoms with Crippen LogP contribution in [0, 0.1) is 0 Å². The normalized spacial score (nSPS) is 23.9. The van der Waals surface area contributed by atoms with Crippen LogP contribution in [-0.2, 0) is 15.1 Å². The first-order valence-electron chi connectivity index (χ1n) is 13.5. The first kappa shape index (κ1) is 23.9. The lowest BCUT2D eigenvalue weighted by atomic mass is 9.76. The minimum Gasteiger partial charge on any atom is -0.493 e. The fourth-order valence-electron chi connectivity index (χ4n) is 6.67. The third-order valence-electron chi connectivity index (χ3n) is 8.59. The van der Waals surface area contributed by atoms with Crippen molar-refractivity contribution in [3.8, 4) is 11.5 Å². The van der Waals surface area contributed by atoms with Gasteiger partial charge in [0, 0.05) is 29.4 Å². The second kappa shape index (κ2) is 9.12. The third kappa shape index (κ3) is 3.62. The number of methoxy groups -OCH3 is 1. The summed E-state index contributed by atoms with van der Waals surface area (Å²) in [5.74, 6) is 1.32. The van der Waals surface area contributed by atoms with Crippen LogP contribution >= 0.6 is 0 Å². The van der Waals surface area contributed by atoms with Crippen LogP contribution in [-0.4, -0.2) is 59.4 Å². The summed E-state index contributed by atoms with van der Waals surface area (Å²) in [6.07, 6.45) is 5.09. The molecule has 2 amide bonds. The van der Waals surface area contributed by atoms with Gasteiger partial charge in [0.1, 0.15) is 6.54 Å². The largest absolute Gasteiger partial charge is 0.493 e. The highest BCUT2D eigenvalue weighted by atomic mass is 16.5. The summed E-state index contributed by atoms with van der Waals surface area (Å²) < 4.78 is 11.6. The molecule has 7 heteroatoms. The zero-order chi connectivity index (χ0) is 25.7. The Balaban J connectivity index is 1.50. The Morgan fingerprint density at radius 3 is 2.62 bits per heavy atom. The molecule has 1 saturated heterocycles. The number of ether oxygens (including phenoxy) is 2. The van der Waals surface area contributed by atoms with E-state index in [1.54, 1.807) is 7.11 Å². The zero-order valence-electron chi connectivity index (χ0n) is 21.9. The van der Waals surface area contributed by atoms with Gasteiger partial charge in [0.15, 0.2) is 17.0 Å². The number of aromatic amines is 1. The molecule has 1 aliphatic carbocycles. The van der Waals surface area contributed by atoms with Gasteiger partial charge in [-0.05, 0) is 55.5 Å². The number of hydrogen-bond acceptors (Lipinski definition) is 4. The molecule has 2 aromatic carbocycles. The molecule has 3 aromatic rings. The molecule has 37 heavy (non-hydrogen) atoms. The maximum absolute atomic E-state index is 14.2. The summed E-state index contributed by atoms with van der Waals surface area (Å²) in [5.41, 5.74) is 2.88. The van der Waals surface area contributed by atoms with Crippen LogP contribution in [0.2, 0.25) is 0 Å².